The van der Waals surface area contributed by atoms with E-state index in [4.69, 9.17) is 18.9 Å². The van der Waals surface area contributed by atoms with E-state index in [1.54, 1.807) is 0 Å². The van der Waals surface area contributed by atoms with Crippen molar-refractivity contribution in [2.75, 3.05) is 28.4 Å². The lowest BCUT2D eigenvalue weighted by molar-refractivity contribution is -0.161. The minimum Gasteiger partial charge on any atom is -0.468 e. The van der Waals surface area contributed by atoms with Crippen LogP contribution in [0.3, 0.4) is 0 Å². The molecule has 0 aromatic carbocycles. The normalized spacial score (nSPS) is 38.0. The molecular formula is C56H86O10. The van der Waals surface area contributed by atoms with Crippen molar-refractivity contribution in [2.45, 2.75) is 159 Å². The van der Waals surface area contributed by atoms with E-state index in [0.717, 1.165) is 31.6 Å². The molecule has 10 nitrogen and oxygen atoms in total. The Balaban J connectivity index is 0.000000240. The van der Waals surface area contributed by atoms with Gasteiger partial charge in [-0.1, -0.05) is 74.1 Å². The molecule has 0 aliphatic heterocycles. The Morgan fingerprint density at radius 3 is 1.53 bits per heavy atom. The molecule has 8 unspecified atom stereocenters. The van der Waals surface area contributed by atoms with Crippen LogP contribution in [0.4, 0.5) is 0 Å². The quantitative estimate of drug-likeness (QED) is 0.118. The van der Waals surface area contributed by atoms with Crippen LogP contribution in [0.2, 0.25) is 0 Å². The fourth-order valence-corrected chi connectivity index (χ4v) is 16.7. The van der Waals surface area contributed by atoms with Gasteiger partial charge in [0.25, 0.3) is 0 Å². The van der Waals surface area contributed by atoms with Crippen molar-refractivity contribution in [2.24, 2.45) is 92.7 Å². The predicted octanol–water partition coefficient (Wildman–Crippen LogP) is 11.3. The van der Waals surface area contributed by atoms with Gasteiger partial charge in [-0.2, -0.15) is 0 Å². The van der Waals surface area contributed by atoms with Crippen molar-refractivity contribution in [3.8, 4) is 0 Å². The molecule has 8 aliphatic rings. The third kappa shape index (κ3) is 9.19. The number of ketones is 2. The van der Waals surface area contributed by atoms with Gasteiger partial charge in [-0.25, -0.2) is 0 Å². The molecule has 10 heteroatoms. The first-order valence-electron chi connectivity index (χ1n) is 24.8. The predicted molar refractivity (Wildman–Crippen MR) is 256 cm³/mol. The number of fused-ring (bicyclic) bond motifs is 10. The molecule has 0 radical (unpaired) electrons. The maximum Gasteiger partial charge on any atom is 0.320 e. The molecule has 0 amide bonds. The molecule has 14 atom stereocenters. The summed E-state index contributed by atoms with van der Waals surface area (Å²) in [7, 11) is 5.33. The van der Waals surface area contributed by atoms with Crippen LogP contribution in [0.1, 0.15) is 159 Å². The molecule has 8 rings (SSSR count). The van der Waals surface area contributed by atoms with Crippen molar-refractivity contribution >= 4 is 35.4 Å². The highest BCUT2D eigenvalue weighted by Gasteiger charge is 2.61. The van der Waals surface area contributed by atoms with Crippen LogP contribution in [-0.4, -0.2) is 63.9 Å². The fraction of sp³-hybridized carbons (Fsp3) is 0.786. The van der Waals surface area contributed by atoms with Gasteiger partial charge in [-0.15, -0.1) is 0 Å². The number of carbonyl (C=O) groups is 6. The second kappa shape index (κ2) is 20.6. The molecule has 0 bridgehead atoms. The summed E-state index contributed by atoms with van der Waals surface area (Å²) in [5.41, 5.74) is 3.41. The lowest BCUT2D eigenvalue weighted by Crippen LogP contribution is -2.51. The third-order valence-corrected chi connectivity index (χ3v) is 20.2. The number of esters is 4. The number of methoxy groups -OCH3 is 4. The maximum absolute atomic E-state index is 12.3. The molecule has 0 heterocycles. The van der Waals surface area contributed by atoms with Crippen molar-refractivity contribution in [1.82, 2.24) is 0 Å². The van der Waals surface area contributed by atoms with Crippen LogP contribution in [-0.2, 0) is 47.7 Å². The molecule has 0 aromatic rings. The summed E-state index contributed by atoms with van der Waals surface area (Å²) < 4.78 is 19.6. The summed E-state index contributed by atoms with van der Waals surface area (Å²) in [6.07, 6.45) is 24.6. The van der Waals surface area contributed by atoms with Crippen LogP contribution in [0.15, 0.2) is 35.5 Å². The lowest BCUT2D eigenvalue weighted by atomic mass is 9.46. The monoisotopic (exact) mass is 919 g/mol. The highest BCUT2D eigenvalue weighted by molar-refractivity contribution is 5.95. The van der Waals surface area contributed by atoms with E-state index < -0.39 is 35.7 Å². The van der Waals surface area contributed by atoms with Crippen molar-refractivity contribution < 1.29 is 47.7 Å². The molecule has 0 aromatic heterocycles. The van der Waals surface area contributed by atoms with E-state index in [1.807, 2.05) is 12.2 Å². The largest absolute Gasteiger partial charge is 0.468 e. The van der Waals surface area contributed by atoms with Gasteiger partial charge in [0.1, 0.15) is 0 Å². The number of hydrogen-bond acceptors (Lipinski definition) is 10. The second-order valence-corrected chi connectivity index (χ2v) is 22.7. The Bertz CT molecular complexity index is 1910. The van der Waals surface area contributed by atoms with Gasteiger partial charge in [0.15, 0.2) is 23.4 Å². The highest BCUT2D eigenvalue weighted by atomic mass is 16.5. The van der Waals surface area contributed by atoms with Gasteiger partial charge in [-0.3, -0.25) is 28.8 Å². The van der Waals surface area contributed by atoms with Gasteiger partial charge in [-0.05, 0) is 188 Å². The standard InChI is InChI=1S/C27H40O5.C27H38O5.2CH4/c2*1-16(14-20(24(29)31-4)25(30)32-5)21-8-9-22-19-7-6-17-15-18(28)10-12-26(17,2)23(19)11-13-27(21,22)3;;/h15-16,19-23H,6-14H2,1-5H3;6-7,15-16,19-23H,8-14H2,1-5H3;2*1H4/t2*16-,19?,21?,22?,23?,26+,27-;;/m11../s1. The third-order valence-electron chi connectivity index (χ3n) is 20.2. The van der Waals surface area contributed by atoms with Crippen molar-refractivity contribution in [1.29, 1.82) is 0 Å². The molecule has 0 saturated heterocycles. The molecule has 0 N–H and O–H groups in total. The Morgan fingerprint density at radius 1 is 0.561 bits per heavy atom. The smallest absolute Gasteiger partial charge is 0.320 e. The fourth-order valence-electron chi connectivity index (χ4n) is 16.7. The SMILES string of the molecule is C.C.COC(=O)C(C[C@@H](C)C1CCC2C3C=CC4=CC(=O)CC[C@]4(C)C3CC[C@@]21C)C(=O)OC.COC(=O)C(C[C@@H](C)C1CCC2C3CCC4=CC(=O)CC[C@]4(C)C3CC[C@@]21C)C(=O)OC. The first-order valence-corrected chi connectivity index (χ1v) is 24.8. The summed E-state index contributed by atoms with van der Waals surface area (Å²) in [5.74, 6) is 2.23. The molecular weight excluding hydrogens is 833 g/mol. The summed E-state index contributed by atoms with van der Waals surface area (Å²) in [4.78, 5) is 73.1. The summed E-state index contributed by atoms with van der Waals surface area (Å²) in [6, 6.07) is 0. The number of carbonyl (C=O) groups excluding carboxylic acids is 6. The van der Waals surface area contributed by atoms with Crippen LogP contribution < -0.4 is 0 Å². The van der Waals surface area contributed by atoms with E-state index in [9.17, 15) is 28.8 Å². The Labute approximate surface area is 397 Å². The van der Waals surface area contributed by atoms with E-state index in [-0.39, 0.29) is 54.1 Å². The molecule has 5 fully saturated rings. The van der Waals surface area contributed by atoms with Gasteiger partial charge in [0.05, 0.1) is 28.4 Å². The number of rotatable bonds is 10. The van der Waals surface area contributed by atoms with E-state index >= 15 is 0 Å². The molecule has 66 heavy (non-hydrogen) atoms. The number of hydrogen-bond donors (Lipinski definition) is 0. The maximum atomic E-state index is 12.3. The van der Waals surface area contributed by atoms with Crippen LogP contribution in [0.5, 0.6) is 0 Å². The highest BCUT2D eigenvalue weighted by Crippen LogP contribution is 2.69. The van der Waals surface area contributed by atoms with Gasteiger partial charge in [0, 0.05) is 12.8 Å². The zero-order chi connectivity index (χ0) is 46.5. The first kappa shape index (κ1) is 53.4. The van der Waals surface area contributed by atoms with E-state index in [0.29, 0.717) is 72.9 Å². The lowest BCUT2D eigenvalue weighted by Gasteiger charge is -2.58. The van der Waals surface area contributed by atoms with Gasteiger partial charge < -0.3 is 18.9 Å². The van der Waals surface area contributed by atoms with Crippen LogP contribution in [0, 0.1) is 92.7 Å². The zero-order valence-corrected chi connectivity index (χ0v) is 40.6. The van der Waals surface area contributed by atoms with Gasteiger partial charge in [0.2, 0.25) is 0 Å². The summed E-state index contributed by atoms with van der Waals surface area (Å²) in [5, 5.41) is 0. The van der Waals surface area contributed by atoms with Crippen LogP contribution in [0.25, 0.3) is 0 Å². The second-order valence-electron chi connectivity index (χ2n) is 22.7. The zero-order valence-electron chi connectivity index (χ0n) is 40.6. The molecule has 8 aliphatic carbocycles. The number of allylic oxidation sites excluding steroid dienone is 5. The topological polar surface area (TPSA) is 139 Å². The first-order chi connectivity index (χ1) is 30.3. The average Bonchev–Trinajstić information content (AvgIpc) is 3.83. The molecule has 5 saturated carbocycles. The number of ether oxygens (including phenoxy) is 4. The molecule has 370 valence electrons. The van der Waals surface area contributed by atoms with Crippen LogP contribution >= 0.6 is 0 Å². The Morgan fingerprint density at radius 2 is 1.02 bits per heavy atom. The summed E-state index contributed by atoms with van der Waals surface area (Å²) >= 11 is 0. The Kier molecular flexibility index (Phi) is 16.6. The van der Waals surface area contributed by atoms with Gasteiger partial charge >= 0.3 is 23.9 Å². The van der Waals surface area contributed by atoms with Crippen molar-refractivity contribution in [3.05, 3.63) is 35.5 Å². The average molecular weight is 919 g/mol. The van der Waals surface area contributed by atoms with E-state index in [1.165, 1.54) is 91.0 Å². The Hall–Kier alpha value is -3.56. The van der Waals surface area contributed by atoms with Crippen molar-refractivity contribution in [3.63, 3.8) is 0 Å². The summed E-state index contributed by atoms with van der Waals surface area (Å²) in [6.45, 7) is 14.1. The minimum absolute atomic E-state index is 0. The minimum atomic E-state index is -0.847. The van der Waals surface area contributed by atoms with E-state index in [2.05, 4.69) is 53.7 Å². The molecule has 0 spiro atoms.